The molecule has 134 valence electrons. The van der Waals surface area contributed by atoms with E-state index in [1.165, 1.54) is 0 Å². The minimum Gasteiger partial charge on any atom is -0.496 e. The highest BCUT2D eigenvalue weighted by Crippen LogP contribution is 2.30. The molecule has 0 heterocycles. The fourth-order valence-corrected chi connectivity index (χ4v) is 2.76. The smallest absolute Gasteiger partial charge is 0.319 e. The Kier molecular flexibility index (Phi) is 6.83. The van der Waals surface area contributed by atoms with E-state index >= 15 is 0 Å². The molecule has 0 spiro atoms. The Bertz CT molecular complexity index is 701. The molecule has 5 nitrogen and oxygen atoms in total. The van der Waals surface area contributed by atoms with E-state index in [9.17, 15) is 9.90 Å². The molecule has 0 saturated carbocycles. The van der Waals surface area contributed by atoms with Crippen LogP contribution in [0, 0.1) is 5.92 Å². The number of rotatable bonds is 7. The van der Waals surface area contributed by atoms with E-state index in [2.05, 4.69) is 10.6 Å². The molecule has 0 aliphatic heterocycles. The van der Waals surface area contributed by atoms with Crippen molar-refractivity contribution in [3.63, 3.8) is 0 Å². The molecule has 0 radical (unpaired) electrons. The maximum atomic E-state index is 12.1. The van der Waals surface area contributed by atoms with Crippen molar-refractivity contribution in [3.05, 3.63) is 48.5 Å². The van der Waals surface area contributed by atoms with Crippen LogP contribution in [0.3, 0.4) is 0 Å². The second-order valence-electron chi connectivity index (χ2n) is 6.31. The zero-order valence-electron chi connectivity index (χ0n) is 15.0. The number of hydrogen-bond acceptors (Lipinski definition) is 3. The number of carbonyl (C=O) groups is 1. The highest BCUT2D eigenvalue weighted by atomic mass is 16.5. The normalized spacial score (nSPS) is 13.0. The summed E-state index contributed by atoms with van der Waals surface area (Å²) < 4.78 is 5.40. The minimum atomic E-state index is -0.364. The van der Waals surface area contributed by atoms with Gasteiger partial charge in [0.25, 0.3) is 0 Å². The zero-order chi connectivity index (χ0) is 18.2. The van der Waals surface area contributed by atoms with E-state index in [4.69, 9.17) is 4.74 Å². The van der Waals surface area contributed by atoms with Crippen molar-refractivity contribution >= 4 is 11.7 Å². The van der Waals surface area contributed by atoms with E-state index in [1.54, 1.807) is 14.0 Å². The predicted octanol–water partition coefficient (Wildman–Crippen LogP) is 3.89. The van der Waals surface area contributed by atoms with Gasteiger partial charge in [-0.05, 0) is 43.0 Å². The summed E-state index contributed by atoms with van der Waals surface area (Å²) in [6.07, 6.45) is 0.293. The number of ether oxygens (including phenoxy) is 1. The number of carbonyl (C=O) groups excluding carboxylic acids is 1. The van der Waals surface area contributed by atoms with Gasteiger partial charge in [0.05, 0.1) is 13.2 Å². The lowest BCUT2D eigenvalue weighted by Gasteiger charge is -2.15. The molecular weight excluding hydrogens is 316 g/mol. The molecule has 25 heavy (non-hydrogen) atoms. The quantitative estimate of drug-likeness (QED) is 0.715. The number of nitrogens with one attached hydrogen (secondary N) is 2. The van der Waals surface area contributed by atoms with Gasteiger partial charge >= 0.3 is 6.03 Å². The molecule has 3 N–H and O–H groups in total. The average molecular weight is 342 g/mol. The summed E-state index contributed by atoms with van der Waals surface area (Å²) in [4.78, 5) is 12.1. The molecule has 2 aromatic rings. The first-order valence-electron chi connectivity index (χ1n) is 8.46. The summed E-state index contributed by atoms with van der Waals surface area (Å²) in [5, 5.41) is 15.0. The van der Waals surface area contributed by atoms with Gasteiger partial charge in [0.1, 0.15) is 5.75 Å². The van der Waals surface area contributed by atoms with Crippen LogP contribution < -0.4 is 15.4 Å². The van der Waals surface area contributed by atoms with E-state index in [0.29, 0.717) is 18.7 Å². The lowest BCUT2D eigenvalue weighted by atomic mass is 10.0. The van der Waals surface area contributed by atoms with Crippen LogP contribution in [0.5, 0.6) is 5.75 Å². The lowest BCUT2D eigenvalue weighted by molar-refractivity contribution is 0.163. The molecular formula is C20H26N2O3. The number of hydrogen-bond donors (Lipinski definition) is 3. The zero-order valence-corrected chi connectivity index (χ0v) is 15.0. The molecule has 2 atom stereocenters. The second-order valence-corrected chi connectivity index (χ2v) is 6.31. The number of methoxy groups -OCH3 is 1. The van der Waals surface area contributed by atoms with Crippen LogP contribution in [-0.2, 0) is 0 Å². The van der Waals surface area contributed by atoms with Crippen LogP contribution in [0.25, 0.3) is 11.1 Å². The summed E-state index contributed by atoms with van der Waals surface area (Å²) in [6.45, 7) is 4.26. The maximum absolute atomic E-state index is 12.1. The van der Waals surface area contributed by atoms with Gasteiger partial charge in [0.2, 0.25) is 0 Å². The molecule has 0 bridgehead atoms. The van der Waals surface area contributed by atoms with Gasteiger partial charge in [-0.1, -0.05) is 37.3 Å². The summed E-state index contributed by atoms with van der Waals surface area (Å²) in [6, 6.07) is 15.1. The standard InChI is InChI=1S/C20H26N2O3/c1-14(11-15(2)23)13-21-20(24)22-17-8-6-7-16(12-17)18-9-4-5-10-19(18)25-3/h4-10,12,14-15,23H,11,13H2,1-3H3,(H2,21,22,24). The third-order valence-corrected chi connectivity index (χ3v) is 3.89. The minimum absolute atomic E-state index is 0.214. The molecule has 2 unspecified atom stereocenters. The Balaban J connectivity index is 2.00. The molecule has 0 fully saturated rings. The number of para-hydroxylation sites is 1. The Hall–Kier alpha value is -2.53. The fourth-order valence-electron chi connectivity index (χ4n) is 2.76. The number of aliphatic hydroxyl groups is 1. The van der Waals surface area contributed by atoms with Gasteiger partial charge in [0.15, 0.2) is 0 Å². The number of amides is 2. The molecule has 0 aliphatic carbocycles. The number of benzene rings is 2. The second kappa shape index (κ2) is 9.08. The highest BCUT2D eigenvalue weighted by molar-refractivity contribution is 5.90. The topological polar surface area (TPSA) is 70.6 Å². The number of anilines is 1. The van der Waals surface area contributed by atoms with Gasteiger partial charge in [-0.15, -0.1) is 0 Å². The summed E-state index contributed by atoms with van der Waals surface area (Å²) in [7, 11) is 1.64. The molecule has 5 heteroatoms. The van der Waals surface area contributed by atoms with Crippen LogP contribution in [-0.4, -0.2) is 30.9 Å². The van der Waals surface area contributed by atoms with E-state index < -0.39 is 0 Å². The van der Waals surface area contributed by atoms with Crippen molar-refractivity contribution in [1.82, 2.24) is 5.32 Å². The van der Waals surface area contributed by atoms with E-state index in [0.717, 1.165) is 16.9 Å². The van der Waals surface area contributed by atoms with Crippen molar-refractivity contribution in [2.45, 2.75) is 26.4 Å². The lowest BCUT2D eigenvalue weighted by Crippen LogP contribution is -2.33. The third kappa shape index (κ3) is 5.80. The van der Waals surface area contributed by atoms with Gasteiger partial charge in [0, 0.05) is 17.8 Å². The van der Waals surface area contributed by atoms with Gasteiger partial charge in [-0.2, -0.15) is 0 Å². The van der Waals surface area contributed by atoms with Gasteiger partial charge < -0.3 is 20.5 Å². The summed E-state index contributed by atoms with van der Waals surface area (Å²) in [5.74, 6) is 1.00. The van der Waals surface area contributed by atoms with Crippen LogP contribution in [0.4, 0.5) is 10.5 Å². The first-order chi connectivity index (χ1) is 12.0. The fraction of sp³-hybridized carbons (Fsp3) is 0.350. The molecule has 0 aromatic heterocycles. The van der Waals surface area contributed by atoms with E-state index in [-0.39, 0.29) is 18.1 Å². The van der Waals surface area contributed by atoms with E-state index in [1.807, 2.05) is 55.5 Å². The van der Waals surface area contributed by atoms with Crippen LogP contribution >= 0.6 is 0 Å². The third-order valence-electron chi connectivity index (χ3n) is 3.89. The molecule has 0 saturated heterocycles. The van der Waals surface area contributed by atoms with Crippen molar-refractivity contribution < 1.29 is 14.6 Å². The van der Waals surface area contributed by atoms with Crippen molar-refractivity contribution in [2.24, 2.45) is 5.92 Å². The first kappa shape index (κ1) is 18.8. The van der Waals surface area contributed by atoms with Gasteiger partial charge in [-0.3, -0.25) is 0 Å². The largest absolute Gasteiger partial charge is 0.496 e. The Morgan fingerprint density at radius 1 is 1.16 bits per heavy atom. The average Bonchev–Trinajstić information content (AvgIpc) is 2.59. The monoisotopic (exact) mass is 342 g/mol. The maximum Gasteiger partial charge on any atom is 0.319 e. The molecule has 2 amide bonds. The predicted molar refractivity (Wildman–Crippen MR) is 101 cm³/mol. The van der Waals surface area contributed by atoms with Crippen LogP contribution in [0.15, 0.2) is 48.5 Å². The number of aliphatic hydroxyl groups excluding tert-OH is 1. The number of urea groups is 1. The highest BCUT2D eigenvalue weighted by Gasteiger charge is 2.10. The van der Waals surface area contributed by atoms with Crippen LogP contribution in [0.1, 0.15) is 20.3 Å². The van der Waals surface area contributed by atoms with Crippen LogP contribution in [0.2, 0.25) is 0 Å². The van der Waals surface area contributed by atoms with Gasteiger partial charge in [-0.25, -0.2) is 4.79 Å². The SMILES string of the molecule is COc1ccccc1-c1cccc(NC(=O)NCC(C)CC(C)O)c1. The van der Waals surface area contributed by atoms with Crippen molar-refractivity contribution in [3.8, 4) is 16.9 Å². The summed E-state index contributed by atoms with van der Waals surface area (Å²) in [5.41, 5.74) is 2.65. The van der Waals surface area contributed by atoms with Crippen molar-refractivity contribution in [2.75, 3.05) is 19.0 Å². The first-order valence-corrected chi connectivity index (χ1v) is 8.46. The Labute approximate surface area is 149 Å². The Morgan fingerprint density at radius 3 is 2.64 bits per heavy atom. The molecule has 2 rings (SSSR count). The molecule has 2 aromatic carbocycles. The van der Waals surface area contributed by atoms with Crippen molar-refractivity contribution in [1.29, 1.82) is 0 Å². The Morgan fingerprint density at radius 2 is 1.92 bits per heavy atom. The molecule has 0 aliphatic rings. The summed E-state index contributed by atoms with van der Waals surface area (Å²) >= 11 is 0.